The van der Waals surface area contributed by atoms with E-state index >= 15 is 0 Å². The van der Waals surface area contributed by atoms with Crippen LogP contribution in [0.4, 0.5) is 5.82 Å². The highest BCUT2D eigenvalue weighted by Gasteiger charge is 2.26. The number of carbonyl (C=O) groups is 1. The summed E-state index contributed by atoms with van der Waals surface area (Å²) >= 11 is 1.84. The van der Waals surface area contributed by atoms with Crippen LogP contribution >= 0.6 is 11.3 Å². The van der Waals surface area contributed by atoms with Gasteiger partial charge in [-0.3, -0.25) is 4.79 Å². The normalized spacial score (nSPS) is 17.6. The van der Waals surface area contributed by atoms with Crippen LogP contribution in [-0.4, -0.2) is 47.0 Å². The fourth-order valence-electron chi connectivity index (χ4n) is 3.89. The molecule has 0 saturated carbocycles. The molecule has 1 aliphatic carbocycles. The van der Waals surface area contributed by atoms with E-state index in [0.29, 0.717) is 18.2 Å². The van der Waals surface area contributed by atoms with E-state index in [9.17, 15) is 4.79 Å². The number of rotatable bonds is 4. The van der Waals surface area contributed by atoms with Crippen molar-refractivity contribution in [2.24, 2.45) is 5.92 Å². The Hall–Kier alpha value is -1.69. The summed E-state index contributed by atoms with van der Waals surface area (Å²) in [4.78, 5) is 28.5. The summed E-state index contributed by atoms with van der Waals surface area (Å²) in [6.45, 7) is 7.67. The molecule has 0 unspecified atom stereocenters. The van der Waals surface area contributed by atoms with Gasteiger partial charge in [-0.25, -0.2) is 9.97 Å². The van der Waals surface area contributed by atoms with Gasteiger partial charge < -0.3 is 9.80 Å². The minimum atomic E-state index is 0.303. The molecule has 2 aromatic heterocycles. The fraction of sp³-hybridized carbons (Fsp3) is 0.632. The third-order valence-electron chi connectivity index (χ3n) is 5.35. The molecule has 6 heteroatoms. The fourth-order valence-corrected chi connectivity index (χ4v) is 5.11. The first-order chi connectivity index (χ1) is 12.1. The zero-order valence-corrected chi connectivity index (χ0v) is 15.9. The minimum Gasteiger partial charge on any atom is -0.352 e. The molecule has 0 radical (unpaired) electrons. The van der Waals surface area contributed by atoms with Crippen LogP contribution in [0, 0.1) is 5.92 Å². The molecule has 0 atom stereocenters. The number of amides is 1. The van der Waals surface area contributed by atoms with E-state index in [2.05, 4.69) is 28.7 Å². The van der Waals surface area contributed by atoms with Gasteiger partial charge in [-0.2, -0.15) is 0 Å². The predicted molar refractivity (Wildman–Crippen MR) is 102 cm³/mol. The summed E-state index contributed by atoms with van der Waals surface area (Å²) in [7, 11) is 0. The number of aromatic nitrogens is 2. The number of thiophene rings is 1. The molecule has 3 heterocycles. The van der Waals surface area contributed by atoms with Gasteiger partial charge in [0, 0.05) is 37.5 Å². The van der Waals surface area contributed by atoms with Crippen LogP contribution in [0.5, 0.6) is 0 Å². The molecule has 1 amide bonds. The first-order valence-corrected chi connectivity index (χ1v) is 10.2. The molecule has 1 fully saturated rings. The molecule has 134 valence electrons. The van der Waals surface area contributed by atoms with Crippen molar-refractivity contribution in [2.75, 3.05) is 31.1 Å². The summed E-state index contributed by atoms with van der Waals surface area (Å²) in [5, 5.41) is 1.28. The van der Waals surface area contributed by atoms with Gasteiger partial charge in [0.25, 0.3) is 0 Å². The van der Waals surface area contributed by atoms with Gasteiger partial charge in [-0.15, -0.1) is 11.3 Å². The Bertz CT molecular complexity index is 777. The summed E-state index contributed by atoms with van der Waals surface area (Å²) in [6, 6.07) is 0. The average Bonchev–Trinajstić information content (AvgIpc) is 3.20. The number of hydrogen-bond acceptors (Lipinski definition) is 5. The second-order valence-electron chi connectivity index (χ2n) is 7.54. The summed E-state index contributed by atoms with van der Waals surface area (Å²) in [6.07, 6.45) is 6.95. The maximum Gasteiger partial charge on any atom is 0.222 e. The summed E-state index contributed by atoms with van der Waals surface area (Å²) in [5.74, 6) is 1.97. The number of hydrogen-bond donors (Lipinski definition) is 0. The van der Waals surface area contributed by atoms with Gasteiger partial charge in [0.1, 0.15) is 17.0 Å². The smallest absolute Gasteiger partial charge is 0.222 e. The Balaban J connectivity index is 1.48. The molecular formula is C19H26N4OS. The monoisotopic (exact) mass is 358 g/mol. The molecule has 0 spiro atoms. The summed E-state index contributed by atoms with van der Waals surface area (Å²) in [5.41, 5.74) is 1.48. The lowest BCUT2D eigenvalue weighted by Gasteiger charge is -2.36. The van der Waals surface area contributed by atoms with Gasteiger partial charge in [0.2, 0.25) is 5.91 Å². The highest BCUT2D eigenvalue weighted by molar-refractivity contribution is 7.19. The van der Waals surface area contributed by atoms with Crippen molar-refractivity contribution in [3.63, 3.8) is 0 Å². The number of piperazine rings is 1. The molecule has 1 saturated heterocycles. The minimum absolute atomic E-state index is 0.303. The third kappa shape index (κ3) is 3.24. The highest BCUT2D eigenvalue weighted by atomic mass is 32.1. The van der Waals surface area contributed by atoms with Crippen molar-refractivity contribution in [3.05, 3.63) is 16.8 Å². The quantitative estimate of drug-likeness (QED) is 0.842. The Morgan fingerprint density at radius 2 is 2.00 bits per heavy atom. The Kier molecular flexibility index (Phi) is 4.63. The van der Waals surface area contributed by atoms with Crippen LogP contribution in [0.1, 0.15) is 43.6 Å². The van der Waals surface area contributed by atoms with E-state index in [4.69, 9.17) is 0 Å². The molecule has 5 nitrogen and oxygen atoms in total. The van der Waals surface area contributed by atoms with Gasteiger partial charge in [-0.05, 0) is 37.2 Å². The van der Waals surface area contributed by atoms with E-state index in [0.717, 1.165) is 49.7 Å². The van der Waals surface area contributed by atoms with Crippen molar-refractivity contribution < 1.29 is 4.79 Å². The zero-order chi connectivity index (χ0) is 17.4. The number of nitrogens with zero attached hydrogens (tertiary/aromatic N) is 4. The second-order valence-corrected chi connectivity index (χ2v) is 8.62. The molecule has 25 heavy (non-hydrogen) atoms. The number of aryl methyl sites for hydroxylation is 2. The molecule has 2 aliphatic rings. The van der Waals surface area contributed by atoms with E-state index in [1.165, 1.54) is 28.7 Å². The van der Waals surface area contributed by atoms with Crippen molar-refractivity contribution in [2.45, 2.75) is 46.0 Å². The van der Waals surface area contributed by atoms with Crippen molar-refractivity contribution >= 4 is 33.3 Å². The van der Waals surface area contributed by atoms with Crippen molar-refractivity contribution in [3.8, 4) is 0 Å². The van der Waals surface area contributed by atoms with Crippen LogP contribution in [0.3, 0.4) is 0 Å². The molecule has 2 aromatic rings. The highest BCUT2D eigenvalue weighted by Crippen LogP contribution is 2.40. The van der Waals surface area contributed by atoms with Gasteiger partial charge in [0.05, 0.1) is 5.39 Å². The lowest BCUT2D eigenvalue weighted by Crippen LogP contribution is -2.49. The molecule has 0 bridgehead atoms. The lowest BCUT2D eigenvalue weighted by molar-refractivity contribution is -0.131. The van der Waals surface area contributed by atoms with Crippen LogP contribution in [-0.2, 0) is 17.6 Å². The maximum atomic E-state index is 12.4. The van der Waals surface area contributed by atoms with Crippen LogP contribution < -0.4 is 4.90 Å². The number of anilines is 1. The van der Waals surface area contributed by atoms with E-state index < -0.39 is 0 Å². The molecule has 0 aromatic carbocycles. The number of fused-ring (bicyclic) bond motifs is 3. The molecule has 0 N–H and O–H groups in total. The third-order valence-corrected chi connectivity index (χ3v) is 6.55. The second kappa shape index (κ2) is 6.90. The molecule has 4 rings (SSSR count). The Morgan fingerprint density at radius 1 is 1.20 bits per heavy atom. The van der Waals surface area contributed by atoms with E-state index in [1.807, 2.05) is 16.2 Å². The molecular weight excluding hydrogens is 332 g/mol. The van der Waals surface area contributed by atoms with Gasteiger partial charge >= 0.3 is 0 Å². The Morgan fingerprint density at radius 3 is 2.76 bits per heavy atom. The van der Waals surface area contributed by atoms with E-state index in [1.54, 1.807) is 6.33 Å². The topological polar surface area (TPSA) is 49.3 Å². The predicted octanol–water partition coefficient (Wildman–Crippen LogP) is 3.26. The van der Waals surface area contributed by atoms with Crippen LogP contribution in [0.2, 0.25) is 0 Å². The van der Waals surface area contributed by atoms with Crippen LogP contribution in [0.25, 0.3) is 10.2 Å². The SMILES string of the molecule is CC(C)CCC(=O)N1CCN(c2ncnc3sc4c(c23)CCC4)CC1. The Labute approximate surface area is 153 Å². The lowest BCUT2D eigenvalue weighted by atomic mass is 10.1. The first kappa shape index (κ1) is 16.8. The summed E-state index contributed by atoms with van der Waals surface area (Å²) < 4.78 is 0. The van der Waals surface area contributed by atoms with E-state index in [-0.39, 0.29) is 0 Å². The average molecular weight is 359 g/mol. The molecule has 1 aliphatic heterocycles. The zero-order valence-electron chi connectivity index (χ0n) is 15.1. The number of carbonyl (C=O) groups excluding carboxylic acids is 1. The van der Waals surface area contributed by atoms with Crippen LogP contribution in [0.15, 0.2) is 6.33 Å². The van der Waals surface area contributed by atoms with Crippen molar-refractivity contribution in [1.82, 2.24) is 14.9 Å². The maximum absolute atomic E-state index is 12.4. The van der Waals surface area contributed by atoms with Gasteiger partial charge in [-0.1, -0.05) is 13.8 Å². The van der Waals surface area contributed by atoms with Gasteiger partial charge in [0.15, 0.2) is 0 Å². The largest absolute Gasteiger partial charge is 0.352 e. The van der Waals surface area contributed by atoms with Crippen molar-refractivity contribution in [1.29, 1.82) is 0 Å². The standard InChI is InChI=1S/C19H26N4OS/c1-13(2)6-7-16(24)22-8-10-23(11-9-22)18-17-14-4-3-5-15(14)25-19(17)21-12-20-18/h12-13H,3-11H2,1-2H3. The first-order valence-electron chi connectivity index (χ1n) is 9.41.